The van der Waals surface area contributed by atoms with Gasteiger partial charge in [-0.05, 0) is 37.1 Å². The molecule has 0 saturated carbocycles. The molecule has 100 valence electrons. The first-order chi connectivity index (χ1) is 9.84. The van der Waals surface area contributed by atoms with Gasteiger partial charge in [-0.1, -0.05) is 36.4 Å². The van der Waals surface area contributed by atoms with Crippen molar-refractivity contribution in [1.82, 2.24) is 9.78 Å². The Morgan fingerprint density at radius 3 is 2.70 bits per heavy atom. The average Bonchev–Trinajstić information content (AvgIpc) is 2.84. The number of benzene rings is 2. The molecule has 2 aromatic carbocycles. The van der Waals surface area contributed by atoms with Crippen LogP contribution in [-0.4, -0.2) is 9.78 Å². The lowest BCUT2D eigenvalue weighted by Crippen LogP contribution is -2.08. The van der Waals surface area contributed by atoms with Crippen molar-refractivity contribution in [3.63, 3.8) is 0 Å². The van der Waals surface area contributed by atoms with E-state index in [0.717, 1.165) is 18.5 Å². The maximum absolute atomic E-state index is 6.11. The van der Waals surface area contributed by atoms with Crippen LogP contribution >= 0.6 is 0 Å². The monoisotopic (exact) mass is 263 g/mol. The SMILES string of the molecule is Nc1nn(-c2cccc3ccccc23)c2c1CCCC2. The maximum Gasteiger partial charge on any atom is 0.149 e. The second kappa shape index (κ2) is 4.37. The number of anilines is 1. The van der Waals surface area contributed by atoms with E-state index in [1.54, 1.807) is 0 Å². The molecule has 3 aromatic rings. The number of rotatable bonds is 1. The normalized spacial score (nSPS) is 14.4. The van der Waals surface area contributed by atoms with E-state index in [9.17, 15) is 0 Å². The van der Waals surface area contributed by atoms with Crippen LogP contribution < -0.4 is 5.73 Å². The fourth-order valence-corrected chi connectivity index (χ4v) is 3.22. The topological polar surface area (TPSA) is 43.8 Å². The average molecular weight is 263 g/mol. The number of nitrogens with two attached hydrogens (primary N) is 1. The molecular weight excluding hydrogens is 246 g/mol. The molecular formula is C17H17N3. The number of fused-ring (bicyclic) bond motifs is 2. The summed E-state index contributed by atoms with van der Waals surface area (Å²) in [7, 11) is 0. The Morgan fingerprint density at radius 2 is 1.75 bits per heavy atom. The Balaban J connectivity index is 2.00. The van der Waals surface area contributed by atoms with Gasteiger partial charge in [-0.3, -0.25) is 0 Å². The molecule has 1 aromatic heterocycles. The van der Waals surface area contributed by atoms with E-state index in [1.165, 1.54) is 34.9 Å². The smallest absolute Gasteiger partial charge is 0.149 e. The van der Waals surface area contributed by atoms with E-state index in [1.807, 2.05) is 0 Å². The zero-order valence-electron chi connectivity index (χ0n) is 11.3. The highest BCUT2D eigenvalue weighted by molar-refractivity contribution is 5.90. The molecule has 1 heterocycles. The van der Waals surface area contributed by atoms with E-state index in [2.05, 4.69) is 52.2 Å². The lowest BCUT2D eigenvalue weighted by molar-refractivity contribution is 0.654. The van der Waals surface area contributed by atoms with E-state index >= 15 is 0 Å². The molecule has 0 spiro atoms. The van der Waals surface area contributed by atoms with Crippen molar-refractivity contribution in [2.24, 2.45) is 0 Å². The highest BCUT2D eigenvalue weighted by Crippen LogP contribution is 2.30. The van der Waals surface area contributed by atoms with Gasteiger partial charge in [0.2, 0.25) is 0 Å². The van der Waals surface area contributed by atoms with Crippen molar-refractivity contribution in [2.45, 2.75) is 25.7 Å². The minimum Gasteiger partial charge on any atom is -0.382 e. The summed E-state index contributed by atoms with van der Waals surface area (Å²) in [5.74, 6) is 0.702. The van der Waals surface area contributed by atoms with Crippen molar-refractivity contribution in [3.05, 3.63) is 53.7 Å². The Kier molecular flexibility index (Phi) is 2.52. The molecule has 0 saturated heterocycles. The highest BCUT2D eigenvalue weighted by atomic mass is 15.3. The Labute approximate surface area is 118 Å². The zero-order chi connectivity index (χ0) is 13.5. The van der Waals surface area contributed by atoms with Crippen LogP contribution in [0, 0.1) is 0 Å². The van der Waals surface area contributed by atoms with Gasteiger partial charge < -0.3 is 5.73 Å². The molecule has 0 unspecified atom stereocenters. The zero-order valence-corrected chi connectivity index (χ0v) is 11.3. The maximum atomic E-state index is 6.11. The third-order valence-corrected chi connectivity index (χ3v) is 4.21. The van der Waals surface area contributed by atoms with E-state index < -0.39 is 0 Å². The second-order valence-electron chi connectivity index (χ2n) is 5.43. The number of hydrogen-bond acceptors (Lipinski definition) is 2. The molecule has 3 heteroatoms. The summed E-state index contributed by atoms with van der Waals surface area (Å²) < 4.78 is 2.06. The molecule has 20 heavy (non-hydrogen) atoms. The first kappa shape index (κ1) is 11.5. The molecule has 2 N–H and O–H groups in total. The van der Waals surface area contributed by atoms with Gasteiger partial charge in [-0.2, -0.15) is 5.10 Å². The molecule has 0 atom stereocenters. The molecule has 0 amide bonds. The number of aromatic nitrogens is 2. The quantitative estimate of drug-likeness (QED) is 0.730. The molecule has 1 aliphatic rings. The first-order valence-corrected chi connectivity index (χ1v) is 7.19. The van der Waals surface area contributed by atoms with Gasteiger partial charge >= 0.3 is 0 Å². The van der Waals surface area contributed by atoms with Crippen LogP contribution in [0.2, 0.25) is 0 Å². The minimum absolute atomic E-state index is 0.702. The van der Waals surface area contributed by atoms with Crippen molar-refractivity contribution in [3.8, 4) is 5.69 Å². The Hall–Kier alpha value is -2.29. The molecule has 0 fully saturated rings. The fraction of sp³-hybridized carbons (Fsp3) is 0.235. The van der Waals surface area contributed by atoms with Crippen LogP contribution in [-0.2, 0) is 12.8 Å². The van der Waals surface area contributed by atoms with Gasteiger partial charge in [-0.25, -0.2) is 4.68 Å². The lowest BCUT2D eigenvalue weighted by Gasteiger charge is -2.15. The molecule has 1 aliphatic carbocycles. The summed E-state index contributed by atoms with van der Waals surface area (Å²) >= 11 is 0. The first-order valence-electron chi connectivity index (χ1n) is 7.19. The number of nitrogens with zero attached hydrogens (tertiary/aromatic N) is 2. The Morgan fingerprint density at radius 1 is 0.950 bits per heavy atom. The van der Waals surface area contributed by atoms with Crippen LogP contribution in [0.25, 0.3) is 16.5 Å². The largest absolute Gasteiger partial charge is 0.382 e. The molecule has 3 nitrogen and oxygen atoms in total. The summed E-state index contributed by atoms with van der Waals surface area (Å²) in [5.41, 5.74) is 9.80. The molecule has 0 radical (unpaired) electrons. The number of nitrogen functional groups attached to an aromatic ring is 1. The molecule has 4 rings (SSSR count). The van der Waals surface area contributed by atoms with E-state index in [4.69, 9.17) is 5.73 Å². The minimum atomic E-state index is 0.702. The fourth-order valence-electron chi connectivity index (χ4n) is 3.22. The predicted molar refractivity (Wildman–Crippen MR) is 82.1 cm³/mol. The van der Waals surface area contributed by atoms with Crippen LogP contribution in [0.15, 0.2) is 42.5 Å². The van der Waals surface area contributed by atoms with Crippen LogP contribution in [0.4, 0.5) is 5.82 Å². The van der Waals surface area contributed by atoms with Gasteiger partial charge in [0.05, 0.1) is 5.69 Å². The highest BCUT2D eigenvalue weighted by Gasteiger charge is 2.20. The summed E-state index contributed by atoms with van der Waals surface area (Å²) in [6.07, 6.45) is 4.58. The van der Waals surface area contributed by atoms with Crippen molar-refractivity contribution >= 4 is 16.6 Å². The van der Waals surface area contributed by atoms with Gasteiger partial charge in [0.15, 0.2) is 0 Å². The van der Waals surface area contributed by atoms with Gasteiger partial charge in [-0.15, -0.1) is 0 Å². The van der Waals surface area contributed by atoms with Crippen molar-refractivity contribution in [2.75, 3.05) is 5.73 Å². The number of hydrogen-bond donors (Lipinski definition) is 1. The van der Waals surface area contributed by atoms with Crippen LogP contribution in [0.5, 0.6) is 0 Å². The predicted octanol–water partition coefficient (Wildman–Crippen LogP) is 3.49. The van der Waals surface area contributed by atoms with Crippen molar-refractivity contribution < 1.29 is 0 Å². The summed E-state index contributed by atoms with van der Waals surface area (Å²) in [5, 5.41) is 7.07. The Bertz CT molecular complexity index is 781. The summed E-state index contributed by atoms with van der Waals surface area (Å²) in [6.45, 7) is 0. The third kappa shape index (κ3) is 1.63. The summed E-state index contributed by atoms with van der Waals surface area (Å²) in [4.78, 5) is 0. The standard InChI is InChI=1S/C17H17N3/c18-17-14-9-3-4-10-16(14)20(19-17)15-11-5-7-12-6-1-2-8-13(12)15/h1-2,5-8,11H,3-4,9-10H2,(H2,18,19). The van der Waals surface area contributed by atoms with E-state index in [0.29, 0.717) is 5.82 Å². The van der Waals surface area contributed by atoms with Crippen molar-refractivity contribution in [1.29, 1.82) is 0 Å². The second-order valence-corrected chi connectivity index (χ2v) is 5.43. The van der Waals surface area contributed by atoms with Gasteiger partial charge in [0, 0.05) is 16.6 Å². The van der Waals surface area contributed by atoms with Crippen LogP contribution in [0.1, 0.15) is 24.1 Å². The summed E-state index contributed by atoms with van der Waals surface area (Å²) in [6, 6.07) is 14.8. The molecule has 0 bridgehead atoms. The van der Waals surface area contributed by atoms with Gasteiger partial charge in [0.1, 0.15) is 5.82 Å². The van der Waals surface area contributed by atoms with E-state index in [-0.39, 0.29) is 0 Å². The third-order valence-electron chi connectivity index (χ3n) is 4.21. The van der Waals surface area contributed by atoms with Gasteiger partial charge in [0.25, 0.3) is 0 Å². The molecule has 0 aliphatic heterocycles. The van der Waals surface area contributed by atoms with Crippen LogP contribution in [0.3, 0.4) is 0 Å². The lowest BCUT2D eigenvalue weighted by atomic mass is 9.97.